The van der Waals surface area contributed by atoms with Crippen LogP contribution in [-0.2, 0) is 11.2 Å². The van der Waals surface area contributed by atoms with Gasteiger partial charge in [0.15, 0.2) is 5.78 Å². The predicted molar refractivity (Wildman–Crippen MR) is 85.2 cm³/mol. The molecule has 116 valence electrons. The second-order valence-electron chi connectivity index (χ2n) is 5.71. The first-order valence-electron chi connectivity index (χ1n) is 7.25. The molecule has 5 heteroatoms. The molecule has 1 fully saturated rings. The van der Waals surface area contributed by atoms with Crippen LogP contribution < -0.4 is 4.74 Å². The van der Waals surface area contributed by atoms with Crippen LogP contribution in [0.25, 0.3) is 0 Å². The smallest absolute Gasteiger partial charge is 0.155 e. The van der Waals surface area contributed by atoms with Crippen molar-refractivity contribution in [3.05, 3.63) is 28.8 Å². The zero-order valence-corrected chi connectivity index (χ0v) is 13.7. The van der Waals surface area contributed by atoms with Crippen LogP contribution in [0.15, 0.2) is 18.2 Å². The van der Waals surface area contributed by atoms with Crippen molar-refractivity contribution >= 4 is 17.4 Å². The van der Waals surface area contributed by atoms with Crippen LogP contribution in [0.4, 0.5) is 0 Å². The minimum atomic E-state index is -0.0683. The fourth-order valence-electron chi connectivity index (χ4n) is 2.81. The highest BCUT2D eigenvalue weighted by Gasteiger charge is 2.27. The van der Waals surface area contributed by atoms with Crippen molar-refractivity contribution in [2.45, 2.75) is 18.9 Å². The number of hydrogen-bond acceptors (Lipinski definition) is 4. The van der Waals surface area contributed by atoms with Gasteiger partial charge in [-0.3, -0.25) is 9.69 Å². The van der Waals surface area contributed by atoms with Crippen LogP contribution in [0.5, 0.6) is 5.75 Å². The summed E-state index contributed by atoms with van der Waals surface area (Å²) in [5, 5.41) is 0.630. The number of ketones is 1. The van der Waals surface area contributed by atoms with Crippen molar-refractivity contribution < 1.29 is 9.53 Å². The maximum Gasteiger partial charge on any atom is 0.155 e. The molecule has 2 rings (SSSR count). The van der Waals surface area contributed by atoms with Crippen LogP contribution in [0.2, 0.25) is 5.02 Å². The van der Waals surface area contributed by atoms with Crippen molar-refractivity contribution in [2.24, 2.45) is 0 Å². The van der Waals surface area contributed by atoms with Crippen molar-refractivity contribution in [3.63, 3.8) is 0 Å². The van der Waals surface area contributed by atoms with Gasteiger partial charge in [-0.05, 0) is 51.8 Å². The summed E-state index contributed by atoms with van der Waals surface area (Å²) in [5.74, 6) is 0.934. The van der Waals surface area contributed by atoms with Crippen LogP contribution in [0, 0.1) is 0 Å². The molecule has 1 atom stereocenters. The third-order valence-electron chi connectivity index (χ3n) is 4.05. The van der Waals surface area contributed by atoms with Crippen LogP contribution in [-0.4, -0.2) is 62.5 Å². The molecule has 0 saturated carbocycles. The largest absolute Gasteiger partial charge is 0.496 e. The summed E-state index contributed by atoms with van der Waals surface area (Å²) in [7, 11) is 5.71. The van der Waals surface area contributed by atoms with E-state index in [0.29, 0.717) is 11.4 Å². The van der Waals surface area contributed by atoms with E-state index >= 15 is 0 Å². The minimum Gasteiger partial charge on any atom is -0.496 e. The molecule has 1 saturated heterocycles. The molecule has 1 aromatic carbocycles. The molecule has 0 bridgehead atoms. The Balaban J connectivity index is 2.14. The molecule has 1 unspecified atom stereocenters. The summed E-state index contributed by atoms with van der Waals surface area (Å²) in [4.78, 5) is 17.1. The average molecular weight is 311 g/mol. The fraction of sp³-hybridized carbons (Fsp3) is 0.562. The van der Waals surface area contributed by atoms with Gasteiger partial charge >= 0.3 is 0 Å². The van der Waals surface area contributed by atoms with E-state index in [2.05, 4.69) is 16.8 Å². The topological polar surface area (TPSA) is 32.8 Å². The van der Waals surface area contributed by atoms with Crippen molar-refractivity contribution in [3.8, 4) is 5.75 Å². The van der Waals surface area contributed by atoms with Gasteiger partial charge in [-0.1, -0.05) is 11.6 Å². The highest BCUT2D eigenvalue weighted by atomic mass is 35.5. The minimum absolute atomic E-state index is 0.0683. The standard InChI is InChI=1S/C16H23ClN2O2/c1-18-7-4-8-19(2)14(11-18)15(20)10-12-9-13(17)5-6-16(12)21-3/h5-6,9,14H,4,7-8,10-11H2,1-3H3. The summed E-state index contributed by atoms with van der Waals surface area (Å²) in [6.45, 7) is 2.76. The highest BCUT2D eigenvalue weighted by Crippen LogP contribution is 2.24. The van der Waals surface area contributed by atoms with Gasteiger partial charge < -0.3 is 9.64 Å². The molecule has 0 radical (unpaired) electrons. The van der Waals surface area contributed by atoms with E-state index in [9.17, 15) is 4.79 Å². The van der Waals surface area contributed by atoms with Gasteiger partial charge in [-0.25, -0.2) is 0 Å². The SMILES string of the molecule is COc1ccc(Cl)cc1CC(=O)C1CN(C)CCCN1C. The average Bonchev–Trinajstić information content (AvgIpc) is 2.60. The molecular weight excluding hydrogens is 288 g/mol. The Hall–Kier alpha value is -1.10. The van der Waals surface area contributed by atoms with Crippen LogP contribution in [0.3, 0.4) is 0 Å². The molecule has 0 aliphatic carbocycles. The number of Topliss-reactive ketones (excluding diaryl/α,β-unsaturated/α-hetero) is 1. The summed E-state index contributed by atoms with van der Waals surface area (Å²) in [6, 6.07) is 5.34. The number of likely N-dealkylation sites (N-methyl/N-ethyl adjacent to an activating group) is 2. The number of nitrogens with zero attached hydrogens (tertiary/aromatic N) is 2. The van der Waals surface area contributed by atoms with Gasteiger partial charge in [0, 0.05) is 23.6 Å². The van der Waals surface area contributed by atoms with Gasteiger partial charge in [-0.2, -0.15) is 0 Å². The van der Waals surface area contributed by atoms with Gasteiger partial charge in [0.05, 0.1) is 13.2 Å². The molecule has 0 spiro atoms. The predicted octanol–water partition coefficient (Wildman–Crippen LogP) is 2.10. The molecule has 0 aromatic heterocycles. The highest BCUT2D eigenvalue weighted by molar-refractivity contribution is 6.30. The summed E-state index contributed by atoms with van der Waals surface area (Å²) in [6.07, 6.45) is 1.45. The first kappa shape index (κ1) is 16.3. The monoisotopic (exact) mass is 310 g/mol. The number of ether oxygens (including phenoxy) is 1. The maximum absolute atomic E-state index is 12.7. The van der Waals surface area contributed by atoms with Crippen molar-refractivity contribution in [2.75, 3.05) is 40.8 Å². The molecule has 1 aromatic rings. The Morgan fingerprint density at radius 1 is 1.38 bits per heavy atom. The van der Waals surface area contributed by atoms with E-state index in [1.165, 1.54) is 0 Å². The van der Waals surface area contributed by atoms with Crippen LogP contribution in [0.1, 0.15) is 12.0 Å². The number of hydrogen-bond donors (Lipinski definition) is 0. The number of carbonyl (C=O) groups excluding carboxylic acids is 1. The Labute approximate surface area is 131 Å². The lowest BCUT2D eigenvalue weighted by Gasteiger charge is -2.26. The number of halogens is 1. The first-order chi connectivity index (χ1) is 10.0. The fourth-order valence-corrected chi connectivity index (χ4v) is 3.00. The first-order valence-corrected chi connectivity index (χ1v) is 7.63. The van der Waals surface area contributed by atoms with Crippen molar-refractivity contribution in [1.29, 1.82) is 0 Å². The Morgan fingerprint density at radius 2 is 2.14 bits per heavy atom. The van der Waals surface area contributed by atoms with E-state index in [0.717, 1.165) is 37.4 Å². The second kappa shape index (κ2) is 7.25. The van der Waals surface area contributed by atoms with Gasteiger partial charge in [0.1, 0.15) is 5.75 Å². The summed E-state index contributed by atoms with van der Waals surface area (Å²) >= 11 is 6.04. The van der Waals surface area contributed by atoms with E-state index in [1.54, 1.807) is 13.2 Å². The van der Waals surface area contributed by atoms with Crippen molar-refractivity contribution in [1.82, 2.24) is 9.80 Å². The van der Waals surface area contributed by atoms with E-state index < -0.39 is 0 Å². The maximum atomic E-state index is 12.7. The number of rotatable bonds is 4. The Kier molecular flexibility index (Phi) is 5.62. The molecule has 0 N–H and O–H groups in total. The summed E-state index contributed by atoms with van der Waals surface area (Å²) in [5.41, 5.74) is 0.857. The van der Waals surface area contributed by atoms with E-state index in [-0.39, 0.29) is 11.8 Å². The van der Waals surface area contributed by atoms with Gasteiger partial charge in [-0.15, -0.1) is 0 Å². The third kappa shape index (κ3) is 4.19. The molecule has 1 heterocycles. The second-order valence-corrected chi connectivity index (χ2v) is 6.15. The lowest BCUT2D eigenvalue weighted by molar-refractivity contribution is -0.123. The Bertz CT molecular complexity index is 507. The van der Waals surface area contributed by atoms with E-state index in [1.807, 2.05) is 19.2 Å². The van der Waals surface area contributed by atoms with Gasteiger partial charge in [0.25, 0.3) is 0 Å². The number of benzene rings is 1. The van der Waals surface area contributed by atoms with Gasteiger partial charge in [0.2, 0.25) is 0 Å². The zero-order valence-electron chi connectivity index (χ0n) is 12.9. The molecule has 0 amide bonds. The molecular formula is C16H23ClN2O2. The lowest BCUT2D eigenvalue weighted by Crippen LogP contribution is -2.44. The molecule has 1 aliphatic rings. The normalized spacial score (nSPS) is 21.0. The third-order valence-corrected chi connectivity index (χ3v) is 4.28. The molecule has 4 nitrogen and oxygen atoms in total. The number of methoxy groups -OCH3 is 1. The molecule has 1 aliphatic heterocycles. The van der Waals surface area contributed by atoms with Crippen LogP contribution >= 0.6 is 11.6 Å². The zero-order chi connectivity index (χ0) is 15.4. The molecule has 21 heavy (non-hydrogen) atoms. The van der Waals surface area contributed by atoms with E-state index in [4.69, 9.17) is 16.3 Å². The quantitative estimate of drug-likeness (QED) is 0.852. The lowest BCUT2D eigenvalue weighted by atomic mass is 10.0. The summed E-state index contributed by atoms with van der Waals surface area (Å²) < 4.78 is 5.33. The number of carbonyl (C=O) groups is 1. The Morgan fingerprint density at radius 3 is 2.86 bits per heavy atom.